The van der Waals surface area contributed by atoms with Gasteiger partial charge in [-0.3, -0.25) is 4.79 Å². The number of hydrogen-bond donors (Lipinski definition) is 2. The van der Waals surface area contributed by atoms with E-state index in [1.807, 2.05) is 12.1 Å². The van der Waals surface area contributed by atoms with Gasteiger partial charge in [-0.1, -0.05) is 29.8 Å². The molecular formula is C17H18ClNO3S. The van der Waals surface area contributed by atoms with Gasteiger partial charge < -0.3 is 10.4 Å². The van der Waals surface area contributed by atoms with Gasteiger partial charge in [0, 0.05) is 11.4 Å². The van der Waals surface area contributed by atoms with Crippen molar-refractivity contribution >= 4 is 34.8 Å². The number of rotatable bonds is 8. The molecule has 1 aromatic heterocycles. The second kappa shape index (κ2) is 8.70. The first-order valence-electron chi connectivity index (χ1n) is 7.38. The Morgan fingerprint density at radius 3 is 2.61 bits per heavy atom. The first-order valence-corrected chi connectivity index (χ1v) is 8.58. The van der Waals surface area contributed by atoms with Crippen molar-refractivity contribution in [2.75, 3.05) is 6.54 Å². The lowest BCUT2D eigenvalue weighted by Crippen LogP contribution is -2.26. The van der Waals surface area contributed by atoms with Crippen molar-refractivity contribution < 1.29 is 14.7 Å². The second-order valence-electron chi connectivity index (χ2n) is 5.15. The van der Waals surface area contributed by atoms with Crippen LogP contribution >= 0.6 is 22.9 Å². The van der Waals surface area contributed by atoms with Gasteiger partial charge in [0.25, 0.3) is 0 Å². The summed E-state index contributed by atoms with van der Waals surface area (Å²) >= 11 is 7.45. The minimum atomic E-state index is -1.01. The van der Waals surface area contributed by atoms with E-state index in [0.717, 1.165) is 23.6 Å². The number of nitrogens with one attached hydrogen (secondary N) is 1. The van der Waals surface area contributed by atoms with Gasteiger partial charge in [0.15, 0.2) is 0 Å². The average molecular weight is 352 g/mol. The maximum atomic E-state index is 11.9. The number of aromatic carboxylic acids is 1. The number of amides is 1. The molecule has 0 spiro atoms. The predicted molar refractivity (Wildman–Crippen MR) is 92.4 cm³/mol. The summed E-state index contributed by atoms with van der Waals surface area (Å²) in [5, 5.41) is 11.9. The highest BCUT2D eigenvalue weighted by Gasteiger charge is 2.12. The third-order valence-corrected chi connectivity index (χ3v) is 4.69. The highest BCUT2D eigenvalue weighted by Crippen LogP contribution is 2.22. The number of unbranched alkanes of at least 4 members (excludes halogenated alkanes) is 1. The number of aryl methyl sites for hydroxylation is 1. The highest BCUT2D eigenvalue weighted by atomic mass is 35.5. The molecular weight excluding hydrogens is 334 g/mol. The zero-order chi connectivity index (χ0) is 16.7. The summed E-state index contributed by atoms with van der Waals surface area (Å²) in [4.78, 5) is 24.3. The van der Waals surface area contributed by atoms with Crippen LogP contribution in [-0.2, 0) is 17.6 Å². The predicted octanol–water partition coefficient (Wildman–Crippen LogP) is 3.78. The number of halogens is 1. The number of benzene rings is 1. The zero-order valence-corrected chi connectivity index (χ0v) is 14.1. The Morgan fingerprint density at radius 2 is 1.91 bits per heavy atom. The number of carbonyl (C=O) groups is 2. The number of carboxylic acid groups (broad SMARTS) is 1. The van der Waals surface area contributed by atoms with Gasteiger partial charge in [-0.15, -0.1) is 11.3 Å². The lowest BCUT2D eigenvalue weighted by molar-refractivity contribution is -0.120. The molecule has 0 unspecified atom stereocenters. The van der Waals surface area contributed by atoms with Crippen molar-refractivity contribution in [3.05, 3.63) is 56.7 Å². The number of hydrogen-bond acceptors (Lipinski definition) is 3. The Labute approximate surface area is 144 Å². The molecule has 2 N–H and O–H groups in total. The van der Waals surface area contributed by atoms with Crippen LogP contribution in [0.5, 0.6) is 0 Å². The van der Waals surface area contributed by atoms with Crippen molar-refractivity contribution in [3.8, 4) is 0 Å². The van der Waals surface area contributed by atoms with Crippen LogP contribution in [-0.4, -0.2) is 23.5 Å². The third kappa shape index (κ3) is 5.69. The van der Waals surface area contributed by atoms with E-state index in [0.29, 0.717) is 12.1 Å². The molecule has 0 aliphatic carbocycles. The second-order valence-corrected chi connectivity index (χ2v) is 6.95. The fraction of sp³-hybridized carbons (Fsp3) is 0.294. The Morgan fingerprint density at radius 1 is 1.13 bits per heavy atom. The summed E-state index contributed by atoms with van der Waals surface area (Å²) in [6.07, 6.45) is 2.89. The summed E-state index contributed by atoms with van der Waals surface area (Å²) in [6.45, 7) is 0.590. The lowest BCUT2D eigenvalue weighted by atomic mass is 10.0. The Kier molecular flexibility index (Phi) is 6.62. The maximum absolute atomic E-state index is 11.9. The molecule has 0 aliphatic heterocycles. The van der Waals surface area contributed by atoms with Gasteiger partial charge in [0.2, 0.25) is 5.91 Å². The van der Waals surface area contributed by atoms with Crippen molar-refractivity contribution in [1.82, 2.24) is 5.32 Å². The SMILES string of the molecule is O=C(Cc1ccccc1C(=O)O)NCCCCc1ccc(Cl)s1. The molecule has 6 heteroatoms. The van der Waals surface area contributed by atoms with E-state index in [1.165, 1.54) is 10.9 Å². The van der Waals surface area contributed by atoms with E-state index in [2.05, 4.69) is 5.32 Å². The van der Waals surface area contributed by atoms with Crippen LogP contribution in [0.3, 0.4) is 0 Å². The van der Waals surface area contributed by atoms with Gasteiger partial charge in [0.05, 0.1) is 16.3 Å². The molecule has 0 fully saturated rings. The van der Waals surface area contributed by atoms with E-state index in [1.54, 1.807) is 29.5 Å². The van der Waals surface area contributed by atoms with Crippen LogP contribution in [0.2, 0.25) is 4.34 Å². The van der Waals surface area contributed by atoms with Crippen LogP contribution in [0.25, 0.3) is 0 Å². The summed E-state index contributed by atoms with van der Waals surface area (Å²) in [7, 11) is 0. The Hall–Kier alpha value is -1.85. The fourth-order valence-corrected chi connectivity index (χ4v) is 3.39. The van der Waals surface area contributed by atoms with E-state index in [4.69, 9.17) is 16.7 Å². The molecule has 0 atom stereocenters. The minimum Gasteiger partial charge on any atom is -0.478 e. The number of carbonyl (C=O) groups excluding carboxylic acids is 1. The monoisotopic (exact) mass is 351 g/mol. The molecule has 0 saturated carbocycles. The Bertz CT molecular complexity index is 684. The van der Waals surface area contributed by atoms with Gasteiger partial charge in [-0.25, -0.2) is 4.79 Å². The molecule has 4 nitrogen and oxygen atoms in total. The maximum Gasteiger partial charge on any atom is 0.335 e. The molecule has 2 rings (SSSR count). The normalized spacial score (nSPS) is 10.5. The molecule has 0 aliphatic rings. The van der Waals surface area contributed by atoms with Crippen LogP contribution < -0.4 is 5.32 Å². The van der Waals surface area contributed by atoms with Crippen LogP contribution in [0, 0.1) is 0 Å². The Balaban J connectivity index is 1.70. The molecule has 23 heavy (non-hydrogen) atoms. The van der Waals surface area contributed by atoms with Gasteiger partial charge in [0.1, 0.15) is 0 Å². The van der Waals surface area contributed by atoms with Crippen molar-refractivity contribution in [2.45, 2.75) is 25.7 Å². The molecule has 1 amide bonds. The smallest absolute Gasteiger partial charge is 0.335 e. The summed E-state index contributed by atoms with van der Waals surface area (Å²) < 4.78 is 0.797. The standard InChI is InChI=1S/C17H18ClNO3S/c18-15-9-8-13(23-15)6-3-4-10-19-16(20)11-12-5-1-2-7-14(12)17(21)22/h1-2,5,7-9H,3-4,6,10-11H2,(H,19,20)(H,21,22). The van der Waals surface area contributed by atoms with E-state index in [-0.39, 0.29) is 17.9 Å². The fourth-order valence-electron chi connectivity index (χ4n) is 2.26. The van der Waals surface area contributed by atoms with Gasteiger partial charge in [-0.2, -0.15) is 0 Å². The third-order valence-electron chi connectivity index (χ3n) is 3.40. The molecule has 0 bridgehead atoms. The summed E-state index contributed by atoms with van der Waals surface area (Å²) in [5.74, 6) is -1.17. The first-order chi connectivity index (χ1) is 11.1. The lowest BCUT2D eigenvalue weighted by Gasteiger charge is -2.07. The molecule has 1 aromatic carbocycles. The molecule has 0 saturated heterocycles. The highest BCUT2D eigenvalue weighted by molar-refractivity contribution is 7.16. The molecule has 1 heterocycles. The minimum absolute atomic E-state index is 0.0863. The molecule has 2 aromatic rings. The first kappa shape index (κ1) is 17.5. The zero-order valence-electron chi connectivity index (χ0n) is 12.5. The summed E-state index contributed by atoms with van der Waals surface area (Å²) in [6, 6.07) is 10.5. The van der Waals surface area contributed by atoms with E-state index in [9.17, 15) is 9.59 Å². The van der Waals surface area contributed by atoms with Gasteiger partial charge in [-0.05, 0) is 43.0 Å². The van der Waals surface area contributed by atoms with Crippen molar-refractivity contribution in [1.29, 1.82) is 0 Å². The summed E-state index contributed by atoms with van der Waals surface area (Å²) in [5.41, 5.74) is 0.711. The van der Waals surface area contributed by atoms with E-state index >= 15 is 0 Å². The van der Waals surface area contributed by atoms with E-state index < -0.39 is 5.97 Å². The molecule has 0 radical (unpaired) electrons. The average Bonchev–Trinajstić information content (AvgIpc) is 2.92. The molecule has 122 valence electrons. The van der Waals surface area contributed by atoms with Crippen LogP contribution in [0.15, 0.2) is 36.4 Å². The van der Waals surface area contributed by atoms with Gasteiger partial charge >= 0.3 is 5.97 Å². The number of carboxylic acids is 1. The quantitative estimate of drug-likeness (QED) is 0.711. The van der Waals surface area contributed by atoms with Crippen LogP contribution in [0.4, 0.5) is 0 Å². The topological polar surface area (TPSA) is 66.4 Å². The van der Waals surface area contributed by atoms with Crippen molar-refractivity contribution in [3.63, 3.8) is 0 Å². The van der Waals surface area contributed by atoms with Crippen LogP contribution in [0.1, 0.15) is 33.6 Å². The largest absolute Gasteiger partial charge is 0.478 e. The van der Waals surface area contributed by atoms with Crippen molar-refractivity contribution in [2.24, 2.45) is 0 Å². The number of thiophene rings is 1.